The van der Waals surface area contributed by atoms with Gasteiger partial charge in [0.1, 0.15) is 0 Å². The summed E-state index contributed by atoms with van der Waals surface area (Å²) in [4.78, 5) is 2.51. The second kappa shape index (κ2) is 7.57. The molecule has 0 spiro atoms. The fourth-order valence-electron chi connectivity index (χ4n) is 2.78. The van der Waals surface area contributed by atoms with Crippen LogP contribution in [0.25, 0.3) is 0 Å². The second-order valence-electron chi connectivity index (χ2n) is 6.08. The number of hydrogen-bond donors (Lipinski definition) is 0. The van der Waals surface area contributed by atoms with Gasteiger partial charge in [-0.1, -0.05) is 45.7 Å². The van der Waals surface area contributed by atoms with E-state index in [9.17, 15) is 0 Å². The molecule has 0 aliphatic rings. The molecular weight excluding hydrogens is 230 g/mol. The highest BCUT2D eigenvalue weighted by atomic mass is 15.1. The quantitative estimate of drug-likeness (QED) is 0.603. The predicted molar refractivity (Wildman–Crippen MR) is 87.0 cm³/mol. The highest BCUT2D eigenvalue weighted by molar-refractivity contribution is 5.48. The van der Waals surface area contributed by atoms with Gasteiger partial charge in [0.15, 0.2) is 0 Å². The van der Waals surface area contributed by atoms with Crippen molar-refractivity contribution in [2.24, 2.45) is 5.41 Å². The van der Waals surface area contributed by atoms with Crippen LogP contribution in [0.3, 0.4) is 0 Å². The first-order valence-corrected chi connectivity index (χ1v) is 7.86. The van der Waals surface area contributed by atoms with Crippen LogP contribution in [0.5, 0.6) is 0 Å². The summed E-state index contributed by atoms with van der Waals surface area (Å²) in [6.45, 7) is 13.8. The first kappa shape index (κ1) is 16.1. The lowest BCUT2D eigenvalue weighted by atomic mass is 9.80. The molecule has 1 aromatic carbocycles. The fraction of sp³-hybridized carbons (Fsp3) is 0.667. The summed E-state index contributed by atoms with van der Waals surface area (Å²) in [5, 5.41) is 0. The molecule has 1 heteroatoms. The molecule has 1 atom stereocenters. The molecule has 0 bridgehead atoms. The van der Waals surface area contributed by atoms with E-state index < -0.39 is 0 Å². The summed E-state index contributed by atoms with van der Waals surface area (Å²) in [5.74, 6) is 0. The van der Waals surface area contributed by atoms with Crippen LogP contribution in [-0.2, 0) is 0 Å². The van der Waals surface area contributed by atoms with E-state index in [0.29, 0.717) is 5.41 Å². The average Bonchev–Trinajstić information content (AvgIpc) is 2.40. The van der Waals surface area contributed by atoms with Crippen molar-refractivity contribution < 1.29 is 0 Å². The van der Waals surface area contributed by atoms with Crippen molar-refractivity contribution in [1.29, 1.82) is 0 Å². The summed E-state index contributed by atoms with van der Waals surface area (Å²) >= 11 is 0. The van der Waals surface area contributed by atoms with Crippen molar-refractivity contribution in [2.75, 3.05) is 18.0 Å². The zero-order chi connectivity index (χ0) is 14.3. The summed E-state index contributed by atoms with van der Waals surface area (Å²) < 4.78 is 0. The number of benzene rings is 1. The van der Waals surface area contributed by atoms with E-state index >= 15 is 0 Å². The van der Waals surface area contributed by atoms with Gasteiger partial charge < -0.3 is 4.90 Å². The van der Waals surface area contributed by atoms with Gasteiger partial charge in [-0.2, -0.15) is 0 Å². The molecule has 0 aliphatic heterocycles. The molecule has 0 aromatic heterocycles. The standard InChI is InChI=1S/C18H31N/c1-6-12-18(5,7-2)13-14-19(8-3)17-11-9-10-16(4)15-17/h9-11,15H,6-8,12-14H2,1-5H3. The van der Waals surface area contributed by atoms with E-state index in [0.717, 1.165) is 6.54 Å². The Hall–Kier alpha value is -0.980. The van der Waals surface area contributed by atoms with Gasteiger partial charge in [0, 0.05) is 18.8 Å². The van der Waals surface area contributed by atoms with Crippen molar-refractivity contribution in [3.05, 3.63) is 29.8 Å². The van der Waals surface area contributed by atoms with Crippen molar-refractivity contribution in [3.8, 4) is 0 Å². The van der Waals surface area contributed by atoms with Crippen LogP contribution in [0.15, 0.2) is 24.3 Å². The first-order chi connectivity index (χ1) is 9.04. The lowest BCUT2D eigenvalue weighted by molar-refractivity contribution is 0.261. The second-order valence-corrected chi connectivity index (χ2v) is 6.08. The predicted octanol–water partition coefficient (Wildman–Crippen LogP) is 5.43. The Morgan fingerprint density at radius 2 is 1.84 bits per heavy atom. The topological polar surface area (TPSA) is 3.24 Å². The van der Waals surface area contributed by atoms with Gasteiger partial charge in [0.05, 0.1) is 0 Å². The van der Waals surface area contributed by atoms with Crippen molar-refractivity contribution in [2.45, 2.75) is 60.3 Å². The molecule has 0 amide bonds. The maximum Gasteiger partial charge on any atom is 0.0368 e. The molecule has 108 valence electrons. The smallest absolute Gasteiger partial charge is 0.0368 e. The Kier molecular flexibility index (Phi) is 6.41. The van der Waals surface area contributed by atoms with Crippen LogP contribution in [0.1, 0.15) is 58.9 Å². The average molecular weight is 261 g/mol. The minimum Gasteiger partial charge on any atom is -0.372 e. The Balaban J connectivity index is 2.67. The van der Waals surface area contributed by atoms with E-state index in [1.165, 1.54) is 43.5 Å². The summed E-state index contributed by atoms with van der Waals surface area (Å²) in [5.41, 5.74) is 3.23. The molecular formula is C18H31N. The number of aryl methyl sites for hydroxylation is 1. The molecule has 19 heavy (non-hydrogen) atoms. The molecule has 1 aromatic rings. The van der Waals surface area contributed by atoms with E-state index in [-0.39, 0.29) is 0 Å². The first-order valence-electron chi connectivity index (χ1n) is 7.86. The number of nitrogens with zero attached hydrogens (tertiary/aromatic N) is 1. The van der Waals surface area contributed by atoms with Gasteiger partial charge in [0.25, 0.3) is 0 Å². The molecule has 1 nitrogen and oxygen atoms in total. The van der Waals surface area contributed by atoms with Gasteiger partial charge in [0.2, 0.25) is 0 Å². The molecule has 0 saturated heterocycles. The Bertz CT molecular complexity index is 372. The minimum absolute atomic E-state index is 0.506. The van der Waals surface area contributed by atoms with Crippen LogP contribution in [0.4, 0.5) is 5.69 Å². The SMILES string of the molecule is CCCC(C)(CC)CCN(CC)c1cccc(C)c1. The normalized spacial score (nSPS) is 14.2. The van der Waals surface area contributed by atoms with Crippen LogP contribution >= 0.6 is 0 Å². The Morgan fingerprint density at radius 3 is 2.37 bits per heavy atom. The summed E-state index contributed by atoms with van der Waals surface area (Å²) in [6, 6.07) is 8.87. The van der Waals surface area contributed by atoms with Crippen LogP contribution in [-0.4, -0.2) is 13.1 Å². The number of rotatable bonds is 8. The number of hydrogen-bond acceptors (Lipinski definition) is 1. The third kappa shape index (κ3) is 4.89. The lowest BCUT2D eigenvalue weighted by Crippen LogP contribution is -2.29. The monoisotopic (exact) mass is 261 g/mol. The fourth-order valence-corrected chi connectivity index (χ4v) is 2.78. The minimum atomic E-state index is 0.506. The van der Waals surface area contributed by atoms with Gasteiger partial charge in [-0.05, 0) is 49.8 Å². The van der Waals surface area contributed by atoms with E-state index in [2.05, 4.69) is 63.8 Å². The summed E-state index contributed by atoms with van der Waals surface area (Å²) in [6.07, 6.45) is 5.21. The lowest BCUT2D eigenvalue weighted by Gasteiger charge is -2.32. The zero-order valence-corrected chi connectivity index (χ0v) is 13.5. The van der Waals surface area contributed by atoms with E-state index in [1.54, 1.807) is 0 Å². The van der Waals surface area contributed by atoms with Crippen LogP contribution < -0.4 is 4.90 Å². The van der Waals surface area contributed by atoms with Crippen LogP contribution in [0.2, 0.25) is 0 Å². The third-order valence-electron chi connectivity index (χ3n) is 4.44. The maximum atomic E-state index is 2.51. The van der Waals surface area contributed by atoms with Crippen molar-refractivity contribution in [1.82, 2.24) is 0 Å². The Morgan fingerprint density at radius 1 is 1.11 bits per heavy atom. The molecule has 0 heterocycles. The maximum absolute atomic E-state index is 2.51. The van der Waals surface area contributed by atoms with Gasteiger partial charge >= 0.3 is 0 Å². The van der Waals surface area contributed by atoms with Crippen molar-refractivity contribution >= 4 is 5.69 Å². The van der Waals surface area contributed by atoms with Gasteiger partial charge in [-0.3, -0.25) is 0 Å². The zero-order valence-electron chi connectivity index (χ0n) is 13.5. The van der Waals surface area contributed by atoms with Gasteiger partial charge in [-0.25, -0.2) is 0 Å². The molecule has 0 saturated carbocycles. The largest absolute Gasteiger partial charge is 0.372 e. The molecule has 0 fully saturated rings. The number of anilines is 1. The van der Waals surface area contributed by atoms with Crippen LogP contribution in [0, 0.1) is 12.3 Å². The molecule has 1 unspecified atom stereocenters. The third-order valence-corrected chi connectivity index (χ3v) is 4.44. The van der Waals surface area contributed by atoms with Gasteiger partial charge in [-0.15, -0.1) is 0 Å². The van der Waals surface area contributed by atoms with E-state index in [1.807, 2.05) is 0 Å². The van der Waals surface area contributed by atoms with E-state index in [4.69, 9.17) is 0 Å². The Labute approximate surface area is 120 Å². The molecule has 1 rings (SSSR count). The van der Waals surface area contributed by atoms with Crippen molar-refractivity contribution in [3.63, 3.8) is 0 Å². The highest BCUT2D eigenvalue weighted by Gasteiger charge is 2.21. The molecule has 0 radical (unpaired) electrons. The highest BCUT2D eigenvalue weighted by Crippen LogP contribution is 2.32. The summed E-state index contributed by atoms with van der Waals surface area (Å²) in [7, 11) is 0. The molecule has 0 aliphatic carbocycles. The molecule has 0 N–H and O–H groups in total.